The van der Waals surface area contributed by atoms with Crippen LogP contribution in [0.3, 0.4) is 0 Å². The van der Waals surface area contributed by atoms with Crippen molar-refractivity contribution in [1.29, 1.82) is 0 Å². The van der Waals surface area contributed by atoms with E-state index in [9.17, 15) is 41.9 Å². The fourth-order valence-electron chi connectivity index (χ4n) is 4.84. The molecule has 0 fully saturated rings. The molecule has 15 heteroatoms. The van der Waals surface area contributed by atoms with E-state index in [1.54, 1.807) is 18.2 Å². The van der Waals surface area contributed by atoms with E-state index in [1.165, 1.54) is 57.4 Å². The van der Waals surface area contributed by atoms with E-state index in [4.69, 9.17) is 21.4 Å². The number of carboxylic acid groups (broad SMARTS) is 1. The lowest BCUT2D eigenvalue weighted by Crippen LogP contribution is -2.50. The number of ketones is 2. The van der Waals surface area contributed by atoms with Crippen LogP contribution in [0.4, 0.5) is 13.2 Å². The Labute approximate surface area is 278 Å². The van der Waals surface area contributed by atoms with Crippen LogP contribution >= 0.6 is 11.6 Å². The second-order valence-corrected chi connectivity index (χ2v) is 11.7. The lowest BCUT2D eigenvalue weighted by Gasteiger charge is -2.26. The minimum absolute atomic E-state index is 0.168. The predicted molar refractivity (Wildman–Crippen MR) is 168 cm³/mol. The standard InChI is InChI=1S/C33H33ClF3N3O8/c1-18(2)24(30(45)33(35,36)37)16-26(41)29(20-7-9-23(48-3)10-8-20)39-32(47)25(14-19-5-4-6-22(34)13-19)38-31(46)21-11-12-40(17-28(43)44)27(42)15-21/h4-13,15,18,24-25,29H,14,16-17H2,1-3H3,(H,38,46)(H,39,47)(H,43,44)/t24-,25-,29-/m0/s1. The first-order valence-electron chi connectivity index (χ1n) is 14.6. The Morgan fingerprint density at radius 2 is 1.65 bits per heavy atom. The Morgan fingerprint density at radius 3 is 2.19 bits per heavy atom. The molecule has 2 aromatic carbocycles. The highest BCUT2D eigenvalue weighted by Gasteiger charge is 2.45. The molecule has 0 aliphatic rings. The number of ether oxygens (including phenoxy) is 1. The third-order valence-corrected chi connectivity index (χ3v) is 7.65. The number of pyridine rings is 1. The van der Waals surface area contributed by atoms with Gasteiger partial charge in [-0.3, -0.25) is 28.8 Å². The molecule has 0 saturated heterocycles. The zero-order chi connectivity index (χ0) is 35.8. The number of methoxy groups -OCH3 is 1. The first-order chi connectivity index (χ1) is 22.5. The third kappa shape index (κ3) is 10.3. The average Bonchev–Trinajstić information content (AvgIpc) is 3.01. The van der Waals surface area contributed by atoms with Crippen molar-refractivity contribution in [1.82, 2.24) is 15.2 Å². The van der Waals surface area contributed by atoms with Crippen LogP contribution in [0.5, 0.6) is 5.75 Å². The normalized spacial score (nSPS) is 13.2. The summed E-state index contributed by atoms with van der Waals surface area (Å²) in [5, 5.41) is 14.3. The van der Waals surface area contributed by atoms with Gasteiger partial charge in [0.25, 0.3) is 11.5 Å². The fraction of sp³-hybridized carbons (Fsp3) is 0.333. The summed E-state index contributed by atoms with van der Waals surface area (Å²) < 4.78 is 46.2. The van der Waals surface area contributed by atoms with Gasteiger partial charge in [0, 0.05) is 41.6 Å². The Balaban J connectivity index is 1.99. The molecule has 3 aromatic rings. The fourth-order valence-corrected chi connectivity index (χ4v) is 5.05. The molecule has 0 unspecified atom stereocenters. The summed E-state index contributed by atoms with van der Waals surface area (Å²) in [6, 6.07) is 11.2. The van der Waals surface area contributed by atoms with E-state index in [2.05, 4.69) is 10.6 Å². The Hall–Kier alpha value is -4.98. The van der Waals surface area contributed by atoms with E-state index < -0.39 is 78.0 Å². The van der Waals surface area contributed by atoms with Crippen LogP contribution in [-0.2, 0) is 32.1 Å². The first-order valence-corrected chi connectivity index (χ1v) is 14.9. The van der Waals surface area contributed by atoms with Gasteiger partial charge in [0.1, 0.15) is 24.4 Å². The van der Waals surface area contributed by atoms with Crippen LogP contribution in [0, 0.1) is 11.8 Å². The molecule has 0 aliphatic carbocycles. The molecule has 48 heavy (non-hydrogen) atoms. The number of rotatable bonds is 15. The Kier molecular flexibility index (Phi) is 12.7. The number of nitrogens with zero attached hydrogens (tertiary/aromatic N) is 1. The molecule has 0 bridgehead atoms. The summed E-state index contributed by atoms with van der Waals surface area (Å²) in [7, 11) is 1.40. The second kappa shape index (κ2) is 16.2. The largest absolute Gasteiger partial charge is 0.497 e. The summed E-state index contributed by atoms with van der Waals surface area (Å²) in [4.78, 5) is 76.3. The van der Waals surface area contributed by atoms with Gasteiger partial charge in [-0.15, -0.1) is 0 Å². The van der Waals surface area contributed by atoms with Crippen LogP contribution in [0.2, 0.25) is 5.02 Å². The second-order valence-electron chi connectivity index (χ2n) is 11.2. The number of carbonyl (C=O) groups excluding carboxylic acids is 4. The van der Waals surface area contributed by atoms with Crippen LogP contribution in [0.25, 0.3) is 0 Å². The third-order valence-electron chi connectivity index (χ3n) is 7.41. The van der Waals surface area contributed by atoms with Gasteiger partial charge >= 0.3 is 12.1 Å². The van der Waals surface area contributed by atoms with Gasteiger partial charge < -0.3 is 25.0 Å². The Morgan fingerprint density at radius 1 is 0.979 bits per heavy atom. The highest BCUT2D eigenvalue weighted by molar-refractivity contribution is 6.30. The maximum absolute atomic E-state index is 13.9. The van der Waals surface area contributed by atoms with Crippen molar-refractivity contribution in [3.8, 4) is 5.75 Å². The van der Waals surface area contributed by atoms with E-state index >= 15 is 0 Å². The number of aliphatic carboxylic acids is 1. The van der Waals surface area contributed by atoms with Crippen molar-refractivity contribution >= 4 is 41.0 Å². The van der Waals surface area contributed by atoms with Crippen LogP contribution in [0.1, 0.15) is 47.8 Å². The lowest BCUT2D eigenvalue weighted by atomic mass is 9.84. The molecule has 0 spiro atoms. The number of Topliss-reactive ketones (excluding diaryl/α,β-unsaturated/α-hetero) is 2. The summed E-state index contributed by atoms with van der Waals surface area (Å²) in [5.41, 5.74) is -0.327. The summed E-state index contributed by atoms with van der Waals surface area (Å²) >= 11 is 6.11. The summed E-state index contributed by atoms with van der Waals surface area (Å²) in [5.74, 6) is -8.24. The number of carbonyl (C=O) groups is 5. The van der Waals surface area contributed by atoms with Crippen molar-refractivity contribution < 1.29 is 47.0 Å². The molecule has 3 atom stereocenters. The van der Waals surface area contributed by atoms with Crippen molar-refractivity contribution in [2.45, 2.75) is 51.5 Å². The number of hydrogen-bond acceptors (Lipinski definition) is 7. The van der Waals surface area contributed by atoms with Crippen molar-refractivity contribution in [2.24, 2.45) is 11.8 Å². The van der Waals surface area contributed by atoms with Gasteiger partial charge in [-0.1, -0.05) is 49.7 Å². The minimum Gasteiger partial charge on any atom is -0.497 e. The van der Waals surface area contributed by atoms with Crippen molar-refractivity contribution in [2.75, 3.05) is 7.11 Å². The van der Waals surface area contributed by atoms with Crippen LogP contribution in [0.15, 0.2) is 71.7 Å². The maximum atomic E-state index is 13.9. The van der Waals surface area contributed by atoms with Crippen molar-refractivity contribution in [3.05, 3.63) is 98.9 Å². The number of hydrogen-bond donors (Lipinski definition) is 3. The number of benzene rings is 2. The SMILES string of the molecule is COc1ccc([C@H](NC(=O)[C@H](Cc2cccc(Cl)c2)NC(=O)c2ccn(CC(=O)O)c(=O)c2)C(=O)C[C@H](C(=O)C(F)(F)F)C(C)C)cc1. The summed E-state index contributed by atoms with van der Waals surface area (Å²) in [6.07, 6.45) is -5.10. The number of amides is 2. The number of alkyl halides is 3. The maximum Gasteiger partial charge on any atom is 0.450 e. The minimum atomic E-state index is -5.19. The highest BCUT2D eigenvalue weighted by Crippen LogP contribution is 2.30. The van der Waals surface area contributed by atoms with Crippen molar-refractivity contribution in [3.63, 3.8) is 0 Å². The molecule has 11 nitrogen and oxygen atoms in total. The molecule has 0 aliphatic heterocycles. The quantitative estimate of drug-likeness (QED) is 0.214. The van der Waals surface area contributed by atoms with Gasteiger partial charge in [0.05, 0.1) is 7.11 Å². The number of aromatic nitrogens is 1. The smallest absolute Gasteiger partial charge is 0.450 e. The van der Waals surface area contributed by atoms with E-state index in [1.807, 2.05) is 0 Å². The monoisotopic (exact) mass is 691 g/mol. The molecule has 3 rings (SSSR count). The lowest BCUT2D eigenvalue weighted by molar-refractivity contribution is -0.177. The zero-order valence-corrected chi connectivity index (χ0v) is 26.8. The number of carboxylic acids is 1. The Bertz CT molecular complexity index is 1720. The molecule has 1 heterocycles. The number of halogens is 4. The molecule has 0 radical (unpaired) electrons. The molecule has 256 valence electrons. The average molecular weight is 692 g/mol. The van der Waals surface area contributed by atoms with Gasteiger partial charge in [0.15, 0.2) is 5.78 Å². The highest BCUT2D eigenvalue weighted by atomic mass is 35.5. The van der Waals surface area contributed by atoms with Crippen LogP contribution < -0.4 is 20.9 Å². The molecule has 1 aromatic heterocycles. The molecular formula is C33H33ClF3N3O8. The van der Waals surface area contributed by atoms with E-state index in [0.29, 0.717) is 16.3 Å². The molecule has 0 saturated carbocycles. The first kappa shape index (κ1) is 37.5. The molecular weight excluding hydrogens is 659 g/mol. The van der Waals surface area contributed by atoms with E-state index in [-0.39, 0.29) is 17.5 Å². The summed E-state index contributed by atoms with van der Waals surface area (Å²) in [6.45, 7) is 2.10. The van der Waals surface area contributed by atoms with Gasteiger partial charge in [-0.05, 0) is 47.4 Å². The molecule has 2 amide bonds. The van der Waals surface area contributed by atoms with Gasteiger partial charge in [-0.2, -0.15) is 13.2 Å². The van der Waals surface area contributed by atoms with E-state index in [0.717, 1.165) is 16.8 Å². The topological polar surface area (TPSA) is 161 Å². The number of nitrogens with one attached hydrogen (secondary N) is 2. The van der Waals surface area contributed by atoms with Gasteiger partial charge in [-0.25, -0.2) is 0 Å². The van der Waals surface area contributed by atoms with Gasteiger partial charge in [0.2, 0.25) is 11.7 Å². The predicted octanol–water partition coefficient (Wildman–Crippen LogP) is 4.16. The molecule has 3 N–H and O–H groups in total. The van der Waals surface area contributed by atoms with Crippen LogP contribution in [-0.4, -0.2) is 58.4 Å². The zero-order valence-electron chi connectivity index (χ0n) is 26.0.